The van der Waals surface area contributed by atoms with Crippen LogP contribution in [0.3, 0.4) is 0 Å². The van der Waals surface area contributed by atoms with E-state index in [9.17, 15) is 8.42 Å². The molecule has 0 N–H and O–H groups in total. The van der Waals surface area contributed by atoms with Crippen LogP contribution in [0, 0.1) is 5.92 Å². The lowest BCUT2D eigenvalue weighted by molar-refractivity contribution is -0.252. The van der Waals surface area contributed by atoms with E-state index in [0.717, 1.165) is 12.8 Å². The molecule has 1 aromatic carbocycles. The Kier molecular flexibility index (Phi) is 3.44. The van der Waals surface area contributed by atoms with Crippen molar-refractivity contribution in [3.63, 3.8) is 0 Å². The number of fused-ring (bicyclic) bond motifs is 1. The van der Waals surface area contributed by atoms with Crippen molar-refractivity contribution in [2.75, 3.05) is 13.7 Å². The van der Waals surface area contributed by atoms with Crippen molar-refractivity contribution in [1.29, 1.82) is 0 Å². The van der Waals surface area contributed by atoms with Crippen molar-refractivity contribution in [2.24, 2.45) is 5.92 Å². The molecule has 5 heteroatoms. The minimum atomic E-state index is -3.52. The number of ether oxygens (including phenoxy) is 2. The summed E-state index contributed by atoms with van der Waals surface area (Å²) < 4.78 is 37.0. The number of methoxy groups -OCH3 is 1. The lowest BCUT2D eigenvalue weighted by Gasteiger charge is -2.41. The van der Waals surface area contributed by atoms with E-state index in [1.54, 1.807) is 36.4 Å². The third kappa shape index (κ3) is 1.92. The molecule has 1 aliphatic carbocycles. The average Bonchev–Trinajstić information content (AvgIpc) is 2.88. The molecule has 0 saturated carbocycles. The Morgan fingerprint density at radius 1 is 1.25 bits per heavy atom. The summed E-state index contributed by atoms with van der Waals surface area (Å²) >= 11 is 0. The van der Waals surface area contributed by atoms with Crippen molar-refractivity contribution >= 4 is 9.84 Å². The van der Waals surface area contributed by atoms with Crippen molar-refractivity contribution in [2.45, 2.75) is 28.8 Å². The highest BCUT2D eigenvalue weighted by Crippen LogP contribution is 2.44. The predicted octanol–water partition coefficient (Wildman–Crippen LogP) is 2.17. The second-order valence-corrected chi connectivity index (χ2v) is 7.26. The van der Waals surface area contributed by atoms with Crippen molar-refractivity contribution in [3.05, 3.63) is 42.5 Å². The topological polar surface area (TPSA) is 52.6 Å². The minimum Gasteiger partial charge on any atom is -0.351 e. The molecule has 0 amide bonds. The highest BCUT2D eigenvalue weighted by molar-refractivity contribution is 7.92. The summed E-state index contributed by atoms with van der Waals surface area (Å²) in [6, 6.07) is 8.48. The first-order valence-corrected chi connectivity index (χ1v) is 8.32. The van der Waals surface area contributed by atoms with Gasteiger partial charge in [0.15, 0.2) is 15.6 Å². The average molecular weight is 294 g/mol. The van der Waals surface area contributed by atoms with Gasteiger partial charge in [-0.25, -0.2) is 8.42 Å². The van der Waals surface area contributed by atoms with E-state index in [1.165, 1.54) is 7.11 Å². The first-order chi connectivity index (χ1) is 9.61. The second kappa shape index (κ2) is 4.98. The fourth-order valence-corrected chi connectivity index (χ4v) is 5.04. The molecule has 1 aliphatic heterocycles. The summed E-state index contributed by atoms with van der Waals surface area (Å²) in [5.41, 5.74) is 0. The monoisotopic (exact) mass is 294 g/mol. The molecule has 1 saturated heterocycles. The van der Waals surface area contributed by atoms with Crippen molar-refractivity contribution < 1.29 is 17.9 Å². The molecule has 0 aromatic heterocycles. The molecule has 1 heterocycles. The van der Waals surface area contributed by atoms with E-state index >= 15 is 0 Å². The second-order valence-electron chi connectivity index (χ2n) is 5.19. The van der Waals surface area contributed by atoms with Crippen LogP contribution in [0.1, 0.15) is 12.8 Å². The third-order valence-corrected chi connectivity index (χ3v) is 6.23. The van der Waals surface area contributed by atoms with Crippen LogP contribution in [-0.4, -0.2) is 33.2 Å². The largest absolute Gasteiger partial charge is 0.351 e. The van der Waals surface area contributed by atoms with Crippen molar-refractivity contribution in [1.82, 2.24) is 0 Å². The lowest BCUT2D eigenvalue weighted by Crippen LogP contribution is -2.53. The predicted molar refractivity (Wildman–Crippen MR) is 75.0 cm³/mol. The minimum absolute atomic E-state index is 0.00439. The zero-order valence-corrected chi connectivity index (χ0v) is 12.2. The molecule has 3 rings (SSSR count). The molecule has 2 aliphatic rings. The maximum Gasteiger partial charge on any atom is 0.195 e. The summed E-state index contributed by atoms with van der Waals surface area (Å²) in [4.78, 5) is 0.306. The summed E-state index contributed by atoms with van der Waals surface area (Å²) in [7, 11) is -1.99. The molecule has 0 bridgehead atoms. The van der Waals surface area contributed by atoms with Gasteiger partial charge in [-0.2, -0.15) is 0 Å². The molecule has 1 aromatic rings. The first kappa shape index (κ1) is 13.8. The van der Waals surface area contributed by atoms with Crippen LogP contribution in [0.25, 0.3) is 0 Å². The van der Waals surface area contributed by atoms with Crippen LogP contribution in [0.5, 0.6) is 0 Å². The maximum atomic E-state index is 12.8. The highest BCUT2D eigenvalue weighted by Gasteiger charge is 2.56. The molecular formula is C15H18O4S. The molecule has 3 atom stereocenters. The van der Waals surface area contributed by atoms with Gasteiger partial charge in [-0.05, 0) is 25.0 Å². The Morgan fingerprint density at radius 2 is 2.00 bits per heavy atom. The number of hydrogen-bond acceptors (Lipinski definition) is 4. The Labute approximate surface area is 119 Å². The Morgan fingerprint density at radius 3 is 2.70 bits per heavy atom. The number of benzene rings is 1. The summed E-state index contributed by atoms with van der Waals surface area (Å²) in [5, 5.41) is -0.785. The van der Waals surface area contributed by atoms with Crippen molar-refractivity contribution in [3.8, 4) is 0 Å². The van der Waals surface area contributed by atoms with Crippen LogP contribution in [-0.2, 0) is 19.3 Å². The number of sulfone groups is 1. The smallest absolute Gasteiger partial charge is 0.195 e. The van der Waals surface area contributed by atoms with Gasteiger partial charge in [0.05, 0.1) is 11.5 Å². The Bertz CT molecular complexity index is 608. The standard InChI is InChI=1S/C15H18O4S/c1-18-15-12(6-5-11-19-15)9-10-14(15)20(16,17)13-7-3-2-4-8-13/h2-4,7-10,12,14H,5-6,11H2,1H3/t12-,14+,15-/m0/s1. The van der Waals surface area contributed by atoms with E-state index in [4.69, 9.17) is 9.47 Å². The van der Waals surface area contributed by atoms with Crippen LogP contribution >= 0.6 is 0 Å². The summed E-state index contributed by atoms with van der Waals surface area (Å²) in [5.74, 6) is -1.06. The van der Waals surface area contributed by atoms with E-state index in [1.807, 2.05) is 6.08 Å². The van der Waals surface area contributed by atoms with Crippen LogP contribution in [0.4, 0.5) is 0 Å². The zero-order valence-electron chi connectivity index (χ0n) is 11.4. The van der Waals surface area contributed by atoms with Gasteiger partial charge in [-0.1, -0.05) is 30.4 Å². The van der Waals surface area contributed by atoms with Gasteiger partial charge in [-0.3, -0.25) is 0 Å². The van der Waals surface area contributed by atoms with Crippen LogP contribution in [0.2, 0.25) is 0 Å². The van der Waals surface area contributed by atoms with Gasteiger partial charge >= 0.3 is 0 Å². The van der Waals surface area contributed by atoms with Crippen LogP contribution < -0.4 is 0 Å². The number of hydrogen-bond donors (Lipinski definition) is 0. The van der Waals surface area contributed by atoms with E-state index < -0.39 is 20.9 Å². The SMILES string of the molecule is CO[C@]12OCCC[C@H]1C=C[C@H]2S(=O)(=O)c1ccccc1. The normalized spacial score (nSPS) is 33.0. The molecular weight excluding hydrogens is 276 g/mol. The summed E-state index contributed by atoms with van der Waals surface area (Å²) in [6.07, 6.45) is 5.47. The maximum absolute atomic E-state index is 12.8. The zero-order chi connectivity index (χ0) is 14.2. The van der Waals surface area contributed by atoms with Gasteiger partial charge < -0.3 is 9.47 Å². The molecule has 4 nitrogen and oxygen atoms in total. The van der Waals surface area contributed by atoms with Gasteiger partial charge in [0.1, 0.15) is 5.25 Å². The van der Waals surface area contributed by atoms with E-state index in [2.05, 4.69) is 0 Å². The Hall–Kier alpha value is -1.17. The van der Waals surface area contributed by atoms with Gasteiger partial charge in [-0.15, -0.1) is 0 Å². The first-order valence-electron chi connectivity index (χ1n) is 6.77. The van der Waals surface area contributed by atoms with Crippen LogP contribution in [0.15, 0.2) is 47.4 Å². The highest BCUT2D eigenvalue weighted by atomic mass is 32.2. The molecule has 20 heavy (non-hydrogen) atoms. The molecule has 1 fully saturated rings. The fourth-order valence-electron chi connectivity index (χ4n) is 3.14. The lowest BCUT2D eigenvalue weighted by atomic mass is 9.94. The summed E-state index contributed by atoms with van der Waals surface area (Å²) in [6.45, 7) is 0.535. The molecule has 0 unspecified atom stereocenters. The fraction of sp³-hybridized carbons (Fsp3) is 0.467. The van der Waals surface area contributed by atoms with E-state index in [-0.39, 0.29) is 5.92 Å². The molecule has 0 radical (unpaired) electrons. The van der Waals surface area contributed by atoms with Gasteiger partial charge in [0.2, 0.25) is 0 Å². The van der Waals surface area contributed by atoms with E-state index in [0.29, 0.717) is 11.5 Å². The number of rotatable bonds is 3. The van der Waals surface area contributed by atoms with Gasteiger partial charge in [0, 0.05) is 13.0 Å². The quantitative estimate of drug-likeness (QED) is 0.802. The molecule has 108 valence electrons. The Balaban J connectivity index is 2.04. The van der Waals surface area contributed by atoms with Gasteiger partial charge in [0.25, 0.3) is 0 Å². The molecule has 0 spiro atoms. The third-order valence-electron chi connectivity index (χ3n) is 4.14.